The SMILES string of the molecule is C[C@H](CCc1ccccc1F)N[C@H](C)c1cnn(C)c1. The Bertz CT molecular complexity index is 550. The van der Waals surface area contributed by atoms with Crippen LogP contribution in [0.4, 0.5) is 4.39 Å². The van der Waals surface area contributed by atoms with E-state index in [4.69, 9.17) is 0 Å². The molecule has 3 nitrogen and oxygen atoms in total. The number of nitrogens with zero attached hydrogens (tertiary/aromatic N) is 2. The maximum Gasteiger partial charge on any atom is 0.126 e. The van der Waals surface area contributed by atoms with Crippen molar-refractivity contribution in [1.82, 2.24) is 15.1 Å². The van der Waals surface area contributed by atoms with Crippen molar-refractivity contribution in [3.63, 3.8) is 0 Å². The maximum atomic E-state index is 13.5. The van der Waals surface area contributed by atoms with E-state index in [9.17, 15) is 4.39 Å². The van der Waals surface area contributed by atoms with E-state index in [0.29, 0.717) is 6.04 Å². The third kappa shape index (κ3) is 3.90. The molecule has 1 heterocycles. The Hall–Kier alpha value is -1.68. The van der Waals surface area contributed by atoms with Crippen LogP contribution in [0.15, 0.2) is 36.7 Å². The number of halogens is 1. The first kappa shape index (κ1) is 14.7. The van der Waals surface area contributed by atoms with E-state index in [1.165, 1.54) is 11.6 Å². The molecule has 0 unspecified atom stereocenters. The summed E-state index contributed by atoms with van der Waals surface area (Å²) in [6.45, 7) is 4.25. The number of rotatable bonds is 6. The van der Waals surface area contributed by atoms with Crippen LogP contribution in [-0.2, 0) is 13.5 Å². The second-order valence-electron chi connectivity index (χ2n) is 5.37. The molecule has 0 bridgehead atoms. The number of aryl methyl sites for hydroxylation is 2. The minimum atomic E-state index is -0.111. The Balaban J connectivity index is 1.83. The Morgan fingerprint density at radius 3 is 2.70 bits per heavy atom. The van der Waals surface area contributed by atoms with Gasteiger partial charge >= 0.3 is 0 Å². The van der Waals surface area contributed by atoms with Gasteiger partial charge < -0.3 is 5.32 Å². The number of hydrogen-bond acceptors (Lipinski definition) is 2. The number of benzene rings is 1. The highest BCUT2D eigenvalue weighted by Crippen LogP contribution is 2.14. The van der Waals surface area contributed by atoms with Gasteiger partial charge in [-0.1, -0.05) is 18.2 Å². The van der Waals surface area contributed by atoms with E-state index in [1.807, 2.05) is 31.6 Å². The fourth-order valence-electron chi connectivity index (χ4n) is 2.34. The third-order valence-electron chi connectivity index (χ3n) is 3.56. The van der Waals surface area contributed by atoms with Crippen molar-refractivity contribution in [2.45, 2.75) is 38.8 Å². The van der Waals surface area contributed by atoms with Crippen molar-refractivity contribution in [2.75, 3.05) is 0 Å². The van der Waals surface area contributed by atoms with Gasteiger partial charge in [0, 0.05) is 30.9 Å². The first-order chi connectivity index (χ1) is 9.56. The second kappa shape index (κ2) is 6.66. The van der Waals surface area contributed by atoms with Crippen LogP contribution < -0.4 is 5.32 Å². The normalized spacial score (nSPS) is 14.2. The van der Waals surface area contributed by atoms with Gasteiger partial charge in [-0.15, -0.1) is 0 Å². The first-order valence-corrected chi connectivity index (χ1v) is 7.04. The van der Waals surface area contributed by atoms with E-state index in [2.05, 4.69) is 24.3 Å². The molecule has 0 aliphatic heterocycles. The van der Waals surface area contributed by atoms with Crippen LogP contribution in [0.5, 0.6) is 0 Å². The molecule has 0 aliphatic rings. The predicted octanol–water partition coefficient (Wildman–Crippen LogP) is 3.23. The quantitative estimate of drug-likeness (QED) is 0.877. The smallest absolute Gasteiger partial charge is 0.126 e. The Labute approximate surface area is 119 Å². The van der Waals surface area contributed by atoms with Crippen molar-refractivity contribution >= 4 is 0 Å². The summed E-state index contributed by atoms with van der Waals surface area (Å²) >= 11 is 0. The fourth-order valence-corrected chi connectivity index (χ4v) is 2.34. The summed E-state index contributed by atoms with van der Waals surface area (Å²) < 4.78 is 15.3. The zero-order valence-electron chi connectivity index (χ0n) is 12.3. The molecule has 1 N–H and O–H groups in total. The van der Waals surface area contributed by atoms with Gasteiger partial charge in [0.25, 0.3) is 0 Å². The summed E-state index contributed by atoms with van der Waals surface area (Å²) in [7, 11) is 1.91. The van der Waals surface area contributed by atoms with Gasteiger partial charge in [0.15, 0.2) is 0 Å². The zero-order valence-corrected chi connectivity index (χ0v) is 12.3. The van der Waals surface area contributed by atoms with Crippen LogP contribution in [0.25, 0.3) is 0 Å². The van der Waals surface area contributed by atoms with Crippen LogP contribution in [0.3, 0.4) is 0 Å². The molecule has 1 aromatic heterocycles. The van der Waals surface area contributed by atoms with Gasteiger partial charge in [-0.2, -0.15) is 5.10 Å². The standard InChI is InChI=1S/C16H22FN3/c1-12(8-9-14-6-4-5-7-16(14)17)19-13(2)15-10-18-20(3)11-15/h4-7,10-13,19H,8-9H2,1-3H3/t12-,13-/m1/s1. The van der Waals surface area contributed by atoms with Crippen molar-refractivity contribution in [3.05, 3.63) is 53.6 Å². The van der Waals surface area contributed by atoms with Crippen LogP contribution in [0.2, 0.25) is 0 Å². The molecule has 0 fully saturated rings. The second-order valence-corrected chi connectivity index (χ2v) is 5.37. The van der Waals surface area contributed by atoms with E-state index in [-0.39, 0.29) is 11.9 Å². The summed E-state index contributed by atoms with van der Waals surface area (Å²) in [5.41, 5.74) is 1.96. The van der Waals surface area contributed by atoms with Crippen LogP contribution >= 0.6 is 0 Å². The fraction of sp³-hybridized carbons (Fsp3) is 0.438. The lowest BCUT2D eigenvalue weighted by atomic mass is 10.0. The summed E-state index contributed by atoms with van der Waals surface area (Å²) in [6, 6.07) is 7.56. The lowest BCUT2D eigenvalue weighted by molar-refractivity contribution is 0.453. The molecule has 108 valence electrons. The molecule has 4 heteroatoms. The van der Waals surface area contributed by atoms with Crippen molar-refractivity contribution in [1.29, 1.82) is 0 Å². The van der Waals surface area contributed by atoms with E-state index in [0.717, 1.165) is 18.4 Å². The van der Waals surface area contributed by atoms with Crippen molar-refractivity contribution in [2.24, 2.45) is 7.05 Å². The summed E-state index contributed by atoms with van der Waals surface area (Å²) in [5, 5.41) is 7.70. The number of hydrogen-bond donors (Lipinski definition) is 1. The molecule has 0 saturated heterocycles. The number of aromatic nitrogens is 2. The van der Waals surface area contributed by atoms with Crippen molar-refractivity contribution in [3.8, 4) is 0 Å². The molecule has 20 heavy (non-hydrogen) atoms. The Morgan fingerprint density at radius 2 is 2.05 bits per heavy atom. The highest BCUT2D eigenvalue weighted by Gasteiger charge is 2.11. The van der Waals surface area contributed by atoms with Gasteiger partial charge in [-0.05, 0) is 38.3 Å². The molecule has 2 atom stereocenters. The summed E-state index contributed by atoms with van der Waals surface area (Å²) in [4.78, 5) is 0. The molecular weight excluding hydrogens is 253 g/mol. The molecule has 0 spiro atoms. The molecule has 1 aromatic carbocycles. The molecule has 0 aliphatic carbocycles. The Morgan fingerprint density at radius 1 is 1.30 bits per heavy atom. The average Bonchev–Trinajstić information content (AvgIpc) is 2.84. The van der Waals surface area contributed by atoms with E-state index < -0.39 is 0 Å². The minimum Gasteiger partial charge on any atom is -0.308 e. The molecule has 0 saturated carbocycles. The third-order valence-corrected chi connectivity index (χ3v) is 3.56. The highest BCUT2D eigenvalue weighted by atomic mass is 19.1. The minimum absolute atomic E-state index is 0.111. The topological polar surface area (TPSA) is 29.9 Å². The van der Waals surface area contributed by atoms with Gasteiger partial charge in [0.05, 0.1) is 6.20 Å². The van der Waals surface area contributed by atoms with Gasteiger partial charge in [0.2, 0.25) is 0 Å². The monoisotopic (exact) mass is 275 g/mol. The van der Waals surface area contributed by atoms with Gasteiger partial charge in [0.1, 0.15) is 5.82 Å². The molecule has 2 aromatic rings. The largest absolute Gasteiger partial charge is 0.308 e. The maximum absolute atomic E-state index is 13.5. The lowest BCUT2D eigenvalue weighted by Crippen LogP contribution is -2.29. The van der Waals surface area contributed by atoms with Crippen molar-refractivity contribution < 1.29 is 4.39 Å². The van der Waals surface area contributed by atoms with E-state index in [1.54, 1.807) is 10.7 Å². The Kier molecular flexibility index (Phi) is 4.90. The van der Waals surface area contributed by atoms with Crippen LogP contribution in [0.1, 0.15) is 37.4 Å². The average molecular weight is 275 g/mol. The first-order valence-electron chi connectivity index (χ1n) is 7.04. The van der Waals surface area contributed by atoms with E-state index >= 15 is 0 Å². The molecule has 0 radical (unpaired) electrons. The van der Waals surface area contributed by atoms with Gasteiger partial charge in [-0.25, -0.2) is 4.39 Å². The highest BCUT2D eigenvalue weighted by molar-refractivity contribution is 5.17. The zero-order chi connectivity index (χ0) is 14.5. The van der Waals surface area contributed by atoms with Crippen LogP contribution in [0, 0.1) is 5.82 Å². The number of nitrogens with one attached hydrogen (secondary N) is 1. The molecule has 2 rings (SSSR count). The summed E-state index contributed by atoms with van der Waals surface area (Å²) in [6.07, 6.45) is 5.55. The summed E-state index contributed by atoms with van der Waals surface area (Å²) in [5.74, 6) is -0.111. The molecule has 0 amide bonds. The van der Waals surface area contributed by atoms with Gasteiger partial charge in [-0.3, -0.25) is 4.68 Å². The predicted molar refractivity (Wildman–Crippen MR) is 78.9 cm³/mol. The molecular formula is C16H22FN3. The van der Waals surface area contributed by atoms with Crippen LogP contribution in [-0.4, -0.2) is 15.8 Å². The lowest BCUT2D eigenvalue weighted by Gasteiger charge is -2.19.